The summed E-state index contributed by atoms with van der Waals surface area (Å²) < 4.78 is 0. The fraction of sp³-hybridized carbons (Fsp3) is 0.667. The molecule has 1 saturated heterocycles. The third-order valence-electron chi connectivity index (χ3n) is 3.02. The summed E-state index contributed by atoms with van der Waals surface area (Å²) in [5.74, 6) is 1.91. The van der Waals surface area contributed by atoms with E-state index in [2.05, 4.69) is 39.5 Å². The summed E-state index contributed by atoms with van der Waals surface area (Å²) in [7, 11) is 2.08. The Morgan fingerprint density at radius 3 is 2.94 bits per heavy atom. The molecule has 0 atom stereocenters. The van der Waals surface area contributed by atoms with Crippen LogP contribution in [-0.2, 0) is 0 Å². The van der Waals surface area contributed by atoms with Crippen molar-refractivity contribution in [2.45, 2.75) is 25.8 Å². The van der Waals surface area contributed by atoms with E-state index in [-0.39, 0.29) is 0 Å². The van der Waals surface area contributed by atoms with Gasteiger partial charge < -0.3 is 15.5 Å². The summed E-state index contributed by atoms with van der Waals surface area (Å²) in [5, 5.41) is 6.62. The average molecular weight is 235 g/mol. The first-order valence-corrected chi connectivity index (χ1v) is 6.30. The molecule has 5 nitrogen and oxygen atoms in total. The van der Waals surface area contributed by atoms with Gasteiger partial charge in [0.1, 0.15) is 18.0 Å². The smallest absolute Gasteiger partial charge is 0.133 e. The Morgan fingerprint density at radius 1 is 1.47 bits per heavy atom. The van der Waals surface area contributed by atoms with Crippen LogP contribution in [0.4, 0.5) is 11.6 Å². The van der Waals surface area contributed by atoms with Crippen LogP contribution in [0.2, 0.25) is 0 Å². The number of aromatic nitrogens is 2. The number of nitrogens with one attached hydrogen (secondary N) is 2. The van der Waals surface area contributed by atoms with Crippen LogP contribution in [0.1, 0.15) is 19.8 Å². The molecule has 17 heavy (non-hydrogen) atoms. The summed E-state index contributed by atoms with van der Waals surface area (Å²) in [5.41, 5.74) is 0. The van der Waals surface area contributed by atoms with E-state index in [1.54, 1.807) is 6.33 Å². The normalized spacial score (nSPS) is 15.4. The van der Waals surface area contributed by atoms with Crippen molar-refractivity contribution in [2.24, 2.45) is 0 Å². The van der Waals surface area contributed by atoms with Crippen LogP contribution in [-0.4, -0.2) is 42.7 Å². The van der Waals surface area contributed by atoms with Gasteiger partial charge >= 0.3 is 0 Å². The molecule has 1 aromatic heterocycles. The first-order valence-electron chi connectivity index (χ1n) is 6.30. The van der Waals surface area contributed by atoms with Crippen molar-refractivity contribution >= 4 is 11.6 Å². The van der Waals surface area contributed by atoms with Crippen molar-refractivity contribution in [3.8, 4) is 0 Å². The lowest BCUT2D eigenvalue weighted by molar-refractivity contribution is 0.471. The van der Waals surface area contributed by atoms with Gasteiger partial charge in [-0.05, 0) is 6.42 Å². The van der Waals surface area contributed by atoms with Crippen molar-refractivity contribution in [1.29, 1.82) is 0 Å². The molecule has 94 valence electrons. The Balaban J connectivity index is 1.94. The van der Waals surface area contributed by atoms with Gasteiger partial charge in [0, 0.05) is 32.7 Å². The van der Waals surface area contributed by atoms with Gasteiger partial charge in [-0.25, -0.2) is 9.97 Å². The van der Waals surface area contributed by atoms with E-state index in [1.807, 2.05) is 6.07 Å². The topological polar surface area (TPSA) is 53.1 Å². The largest absolute Gasteiger partial charge is 0.365 e. The molecule has 0 saturated carbocycles. The lowest BCUT2D eigenvalue weighted by Crippen LogP contribution is -2.51. The molecule has 1 aliphatic heterocycles. The minimum absolute atomic E-state index is 0.513. The molecular weight excluding hydrogens is 214 g/mol. The first-order chi connectivity index (χ1) is 8.29. The van der Waals surface area contributed by atoms with E-state index < -0.39 is 0 Å². The monoisotopic (exact) mass is 235 g/mol. The second kappa shape index (κ2) is 5.82. The van der Waals surface area contributed by atoms with Gasteiger partial charge in [0.25, 0.3) is 0 Å². The maximum Gasteiger partial charge on any atom is 0.133 e. The van der Waals surface area contributed by atoms with E-state index in [0.29, 0.717) is 6.04 Å². The predicted octanol–water partition coefficient (Wildman–Crippen LogP) is 1.10. The summed E-state index contributed by atoms with van der Waals surface area (Å²) in [4.78, 5) is 10.7. The van der Waals surface area contributed by atoms with Crippen molar-refractivity contribution in [3.63, 3.8) is 0 Å². The molecule has 1 aromatic rings. The molecule has 1 fully saturated rings. The molecule has 2 heterocycles. The number of hydrogen-bond acceptors (Lipinski definition) is 5. The molecule has 0 unspecified atom stereocenters. The van der Waals surface area contributed by atoms with Crippen LogP contribution >= 0.6 is 0 Å². The van der Waals surface area contributed by atoms with Gasteiger partial charge in [-0.15, -0.1) is 0 Å². The van der Waals surface area contributed by atoms with Gasteiger partial charge in [-0.2, -0.15) is 0 Å². The van der Waals surface area contributed by atoms with Crippen molar-refractivity contribution in [1.82, 2.24) is 15.3 Å². The highest BCUT2D eigenvalue weighted by Crippen LogP contribution is 2.14. The van der Waals surface area contributed by atoms with Crippen LogP contribution in [0.15, 0.2) is 12.4 Å². The summed E-state index contributed by atoms with van der Waals surface area (Å²) >= 11 is 0. The van der Waals surface area contributed by atoms with Gasteiger partial charge in [-0.3, -0.25) is 0 Å². The molecule has 1 aliphatic rings. The van der Waals surface area contributed by atoms with E-state index in [4.69, 9.17) is 0 Å². The molecule has 0 bridgehead atoms. The highest BCUT2D eigenvalue weighted by Gasteiger charge is 2.16. The molecule has 2 N–H and O–H groups in total. The summed E-state index contributed by atoms with van der Waals surface area (Å²) in [6.07, 6.45) is 4.02. The van der Waals surface area contributed by atoms with Crippen molar-refractivity contribution < 1.29 is 0 Å². The molecular formula is C12H21N5. The maximum atomic E-state index is 4.30. The van der Waals surface area contributed by atoms with Gasteiger partial charge in [-0.1, -0.05) is 13.3 Å². The quantitative estimate of drug-likeness (QED) is 0.773. The molecule has 0 aromatic carbocycles. The van der Waals surface area contributed by atoms with Crippen LogP contribution in [0, 0.1) is 0 Å². The van der Waals surface area contributed by atoms with Gasteiger partial charge in [0.2, 0.25) is 0 Å². The van der Waals surface area contributed by atoms with Crippen LogP contribution in [0.5, 0.6) is 0 Å². The van der Waals surface area contributed by atoms with Gasteiger partial charge in [0.15, 0.2) is 0 Å². The van der Waals surface area contributed by atoms with Crippen LogP contribution in [0.3, 0.4) is 0 Å². The SMILES string of the molecule is CCCCN(C)c1cc(NC2CNC2)ncn1. The summed E-state index contributed by atoms with van der Waals surface area (Å²) in [6.45, 7) is 5.28. The highest BCUT2D eigenvalue weighted by atomic mass is 15.2. The lowest BCUT2D eigenvalue weighted by atomic mass is 10.2. The molecule has 0 radical (unpaired) electrons. The number of rotatable bonds is 6. The molecule has 0 aliphatic carbocycles. The first kappa shape index (κ1) is 12.1. The zero-order valence-electron chi connectivity index (χ0n) is 10.6. The highest BCUT2D eigenvalue weighted by molar-refractivity contribution is 5.48. The minimum Gasteiger partial charge on any atom is -0.365 e. The molecule has 0 amide bonds. The third-order valence-corrected chi connectivity index (χ3v) is 3.02. The molecule has 0 spiro atoms. The molecule has 2 rings (SSSR count). The second-order valence-electron chi connectivity index (χ2n) is 4.54. The Hall–Kier alpha value is -1.36. The fourth-order valence-electron chi connectivity index (χ4n) is 1.74. The Kier molecular flexibility index (Phi) is 4.14. The third kappa shape index (κ3) is 3.30. The Morgan fingerprint density at radius 2 is 2.29 bits per heavy atom. The lowest BCUT2D eigenvalue weighted by Gasteiger charge is -2.28. The number of nitrogens with zero attached hydrogens (tertiary/aromatic N) is 3. The van der Waals surface area contributed by atoms with E-state index >= 15 is 0 Å². The van der Waals surface area contributed by atoms with E-state index in [9.17, 15) is 0 Å². The van der Waals surface area contributed by atoms with Gasteiger partial charge in [0.05, 0.1) is 6.04 Å². The second-order valence-corrected chi connectivity index (χ2v) is 4.54. The number of anilines is 2. The standard InChI is InChI=1S/C12H21N5/c1-3-4-5-17(2)12-6-11(14-9-15-12)16-10-7-13-8-10/h6,9-10,13H,3-5,7-8H2,1-2H3,(H,14,15,16). The number of hydrogen-bond donors (Lipinski definition) is 2. The van der Waals surface area contributed by atoms with Crippen molar-refractivity contribution in [2.75, 3.05) is 36.9 Å². The number of unbranched alkanes of at least 4 members (excludes halogenated alkanes) is 1. The van der Waals surface area contributed by atoms with Crippen LogP contribution < -0.4 is 15.5 Å². The zero-order valence-corrected chi connectivity index (χ0v) is 10.6. The minimum atomic E-state index is 0.513. The fourth-order valence-corrected chi connectivity index (χ4v) is 1.74. The zero-order chi connectivity index (χ0) is 12.1. The predicted molar refractivity (Wildman–Crippen MR) is 70.5 cm³/mol. The average Bonchev–Trinajstić information content (AvgIpc) is 2.31. The Bertz CT molecular complexity index is 351. The maximum absolute atomic E-state index is 4.30. The van der Waals surface area contributed by atoms with E-state index in [0.717, 1.165) is 31.3 Å². The van der Waals surface area contributed by atoms with Crippen LogP contribution in [0.25, 0.3) is 0 Å². The summed E-state index contributed by atoms with van der Waals surface area (Å²) in [6, 6.07) is 2.53. The van der Waals surface area contributed by atoms with E-state index in [1.165, 1.54) is 12.8 Å². The van der Waals surface area contributed by atoms with Crippen molar-refractivity contribution in [3.05, 3.63) is 12.4 Å². The Labute approximate surface area is 103 Å². The molecule has 5 heteroatoms.